The molecule has 35 heavy (non-hydrogen) atoms. The topological polar surface area (TPSA) is 106 Å². The Morgan fingerprint density at radius 3 is 2.66 bits per heavy atom. The number of nitrogens with one attached hydrogen (secondary N) is 2. The molecule has 2 saturated heterocycles. The molecule has 0 saturated carbocycles. The van der Waals surface area contributed by atoms with Crippen LogP contribution in [0.4, 0.5) is 5.69 Å². The van der Waals surface area contributed by atoms with E-state index < -0.39 is 17.5 Å². The van der Waals surface area contributed by atoms with E-state index in [1.165, 1.54) is 0 Å². The molecule has 3 aliphatic heterocycles. The average molecular weight is 480 g/mol. The molecule has 3 aliphatic rings. The van der Waals surface area contributed by atoms with Crippen molar-refractivity contribution in [2.75, 3.05) is 25.5 Å². The lowest BCUT2D eigenvalue weighted by Crippen LogP contribution is -2.55. The molecule has 2 fully saturated rings. The van der Waals surface area contributed by atoms with E-state index in [2.05, 4.69) is 23.6 Å². The summed E-state index contributed by atoms with van der Waals surface area (Å²) in [7, 11) is 1.70. The predicted molar refractivity (Wildman–Crippen MR) is 133 cm³/mol. The minimum Gasteiger partial charge on any atom is -0.332 e. The van der Waals surface area contributed by atoms with Gasteiger partial charge in [0.2, 0.25) is 17.7 Å². The zero-order valence-electron chi connectivity index (χ0n) is 21.4. The highest BCUT2D eigenvalue weighted by Crippen LogP contribution is 2.46. The van der Waals surface area contributed by atoms with Crippen LogP contribution < -0.4 is 10.6 Å². The number of likely N-dealkylation sites (tertiary alicyclic amines) is 1. The number of para-hydroxylation sites is 1. The van der Waals surface area contributed by atoms with Crippen LogP contribution in [0.3, 0.4) is 0 Å². The molecule has 5 atom stereocenters. The van der Waals surface area contributed by atoms with Gasteiger partial charge in [-0.2, -0.15) is 5.26 Å². The van der Waals surface area contributed by atoms with Crippen LogP contribution in [0.1, 0.15) is 58.9 Å². The second kappa shape index (κ2) is 9.27. The monoisotopic (exact) mass is 479 g/mol. The van der Waals surface area contributed by atoms with Crippen molar-refractivity contribution < 1.29 is 14.4 Å². The van der Waals surface area contributed by atoms with Crippen LogP contribution in [0.15, 0.2) is 24.3 Å². The van der Waals surface area contributed by atoms with E-state index in [1.54, 1.807) is 16.8 Å². The van der Waals surface area contributed by atoms with E-state index in [4.69, 9.17) is 0 Å². The molecule has 0 bridgehead atoms. The smallest absolute Gasteiger partial charge is 0.246 e. The van der Waals surface area contributed by atoms with Crippen LogP contribution in [0.5, 0.6) is 0 Å². The Morgan fingerprint density at radius 1 is 1.31 bits per heavy atom. The number of benzene rings is 1. The van der Waals surface area contributed by atoms with Crippen LogP contribution >= 0.6 is 0 Å². The fourth-order valence-corrected chi connectivity index (χ4v) is 5.85. The number of amides is 3. The lowest BCUT2D eigenvalue weighted by molar-refractivity contribution is -0.146. The SMILES string of the molecule is CC[C@H]1CN[C@H](C(=O)N(C)[C@@H](CC(C)(C)C)C(=O)N2C[C@]3(C[C@H]2C#N)C(=O)Nc2ccccc23)C1. The van der Waals surface area contributed by atoms with Gasteiger partial charge in [-0.25, -0.2) is 0 Å². The highest BCUT2D eigenvalue weighted by Gasteiger charge is 2.57. The molecule has 0 aliphatic carbocycles. The van der Waals surface area contributed by atoms with Crippen LogP contribution in [0.25, 0.3) is 0 Å². The lowest BCUT2D eigenvalue weighted by atomic mass is 9.80. The van der Waals surface area contributed by atoms with Crippen molar-refractivity contribution in [1.29, 1.82) is 5.26 Å². The van der Waals surface area contributed by atoms with Crippen LogP contribution in [0, 0.1) is 22.7 Å². The Hall–Kier alpha value is -2.92. The molecule has 4 rings (SSSR count). The van der Waals surface area contributed by atoms with Crippen molar-refractivity contribution in [3.8, 4) is 6.07 Å². The van der Waals surface area contributed by atoms with E-state index >= 15 is 0 Å². The molecular formula is C27H37N5O3. The van der Waals surface area contributed by atoms with Gasteiger partial charge in [-0.3, -0.25) is 14.4 Å². The fourth-order valence-electron chi connectivity index (χ4n) is 5.85. The predicted octanol–water partition coefficient (Wildman–Crippen LogP) is 2.65. The molecule has 3 amide bonds. The summed E-state index contributed by atoms with van der Waals surface area (Å²) in [5, 5.41) is 16.2. The molecule has 188 valence electrons. The van der Waals surface area contributed by atoms with Gasteiger partial charge in [0, 0.05) is 25.7 Å². The molecule has 8 nitrogen and oxygen atoms in total. The van der Waals surface area contributed by atoms with Crippen LogP contribution in [0.2, 0.25) is 0 Å². The molecule has 1 spiro atoms. The Balaban J connectivity index is 1.62. The summed E-state index contributed by atoms with van der Waals surface area (Å²) in [5.41, 5.74) is 0.405. The minimum atomic E-state index is -0.942. The van der Waals surface area contributed by atoms with Gasteiger partial charge in [0.25, 0.3) is 0 Å². The Bertz CT molecular complexity index is 1060. The standard InChI is InChI=1S/C27H37N5O3/c1-6-17-11-21(29-15-17)23(33)31(5)22(13-26(2,3)4)24(34)32-16-27(12-18(32)14-28)19-9-7-8-10-20(19)30-25(27)35/h7-10,17-18,21-22,29H,6,11-13,15-16H2,1-5H3,(H,30,35)/t17-,18+,21+,22+,27+/m1/s1. The molecule has 0 unspecified atom stereocenters. The van der Waals surface area contributed by atoms with Gasteiger partial charge in [-0.15, -0.1) is 0 Å². The molecule has 2 N–H and O–H groups in total. The second-order valence-corrected chi connectivity index (χ2v) is 11.6. The van der Waals surface area contributed by atoms with Gasteiger partial charge in [-0.1, -0.05) is 52.3 Å². The second-order valence-electron chi connectivity index (χ2n) is 11.6. The van der Waals surface area contributed by atoms with E-state index in [0.29, 0.717) is 12.3 Å². The van der Waals surface area contributed by atoms with Crippen molar-refractivity contribution in [2.45, 2.75) is 76.9 Å². The number of hydrogen-bond acceptors (Lipinski definition) is 5. The van der Waals surface area contributed by atoms with Crippen LogP contribution in [-0.2, 0) is 19.8 Å². The number of anilines is 1. The first-order valence-corrected chi connectivity index (χ1v) is 12.6. The maximum absolute atomic E-state index is 14.1. The average Bonchev–Trinajstić information content (AvgIpc) is 3.52. The summed E-state index contributed by atoms with van der Waals surface area (Å²) in [4.78, 5) is 43.7. The van der Waals surface area contributed by atoms with Crippen molar-refractivity contribution in [2.24, 2.45) is 11.3 Å². The summed E-state index contributed by atoms with van der Waals surface area (Å²) in [5.74, 6) is -0.0698. The molecule has 1 aromatic rings. The van der Waals surface area contributed by atoms with Gasteiger partial charge in [0.05, 0.1) is 17.5 Å². The summed E-state index contributed by atoms with van der Waals surface area (Å²) in [6.45, 7) is 9.19. The molecule has 3 heterocycles. The molecule has 8 heteroatoms. The number of nitriles is 1. The van der Waals surface area contributed by atoms with E-state index in [9.17, 15) is 19.6 Å². The first kappa shape index (κ1) is 25.2. The van der Waals surface area contributed by atoms with Gasteiger partial charge >= 0.3 is 0 Å². The molecule has 1 aromatic carbocycles. The molecule has 0 aromatic heterocycles. The number of nitrogens with zero attached hydrogens (tertiary/aromatic N) is 3. The number of fused-ring (bicyclic) bond motifs is 2. The van der Waals surface area contributed by atoms with Gasteiger partial charge in [0.1, 0.15) is 12.1 Å². The zero-order chi connectivity index (χ0) is 25.5. The first-order valence-electron chi connectivity index (χ1n) is 12.6. The summed E-state index contributed by atoms with van der Waals surface area (Å²) < 4.78 is 0. The van der Waals surface area contributed by atoms with Crippen molar-refractivity contribution in [1.82, 2.24) is 15.1 Å². The number of rotatable bonds is 5. The van der Waals surface area contributed by atoms with E-state index in [0.717, 1.165) is 30.6 Å². The van der Waals surface area contributed by atoms with Gasteiger partial charge in [-0.05, 0) is 42.3 Å². The number of carbonyl (C=O) groups excluding carboxylic acids is 3. The van der Waals surface area contributed by atoms with Crippen molar-refractivity contribution >= 4 is 23.4 Å². The number of likely N-dealkylation sites (N-methyl/N-ethyl adjacent to an activating group) is 1. The molecular weight excluding hydrogens is 442 g/mol. The van der Waals surface area contributed by atoms with Gasteiger partial charge < -0.3 is 20.4 Å². The summed E-state index contributed by atoms with van der Waals surface area (Å²) >= 11 is 0. The summed E-state index contributed by atoms with van der Waals surface area (Å²) in [6, 6.07) is 7.99. The first-order chi connectivity index (χ1) is 16.5. The van der Waals surface area contributed by atoms with Crippen molar-refractivity contribution in [3.05, 3.63) is 29.8 Å². The number of hydrogen-bond donors (Lipinski definition) is 2. The maximum Gasteiger partial charge on any atom is 0.246 e. The maximum atomic E-state index is 14.1. The highest BCUT2D eigenvalue weighted by atomic mass is 16.2. The Morgan fingerprint density at radius 2 is 2.03 bits per heavy atom. The third-order valence-electron chi connectivity index (χ3n) is 7.92. The van der Waals surface area contributed by atoms with Crippen LogP contribution in [-0.4, -0.2) is 65.8 Å². The van der Waals surface area contributed by atoms with E-state index in [-0.39, 0.29) is 42.1 Å². The zero-order valence-corrected chi connectivity index (χ0v) is 21.4. The highest BCUT2D eigenvalue weighted by molar-refractivity contribution is 6.07. The number of carbonyl (C=O) groups is 3. The quantitative estimate of drug-likeness (QED) is 0.676. The third-order valence-corrected chi connectivity index (χ3v) is 7.92. The van der Waals surface area contributed by atoms with Crippen molar-refractivity contribution in [3.63, 3.8) is 0 Å². The van der Waals surface area contributed by atoms with E-state index in [1.807, 2.05) is 45.0 Å². The fraction of sp³-hybridized carbons (Fsp3) is 0.630. The normalized spacial score (nSPS) is 28.5. The third kappa shape index (κ3) is 4.54. The molecule has 0 radical (unpaired) electrons. The Labute approximate surface area is 208 Å². The summed E-state index contributed by atoms with van der Waals surface area (Å²) in [6.07, 6.45) is 2.48. The lowest BCUT2D eigenvalue weighted by Gasteiger charge is -2.36. The Kier molecular flexibility index (Phi) is 6.67. The minimum absolute atomic E-state index is 0.0880. The van der Waals surface area contributed by atoms with Gasteiger partial charge in [0.15, 0.2) is 0 Å². The largest absolute Gasteiger partial charge is 0.332 e.